The maximum absolute atomic E-state index is 12.7. The molecular formula is C24H19BrClN3O4S. The summed E-state index contributed by atoms with van der Waals surface area (Å²) in [6.45, 7) is 2.04. The van der Waals surface area contributed by atoms with E-state index in [1.807, 2.05) is 41.8 Å². The van der Waals surface area contributed by atoms with Gasteiger partial charge in [-0.3, -0.25) is 9.36 Å². The number of carboxylic acid groups (broad SMARTS) is 1. The number of rotatable bonds is 8. The molecule has 0 radical (unpaired) electrons. The highest BCUT2D eigenvalue weighted by atomic mass is 79.9. The third-order valence-electron chi connectivity index (χ3n) is 5.30. The Morgan fingerprint density at radius 2 is 1.91 bits per heavy atom. The number of halogens is 2. The third kappa shape index (κ3) is 4.96. The summed E-state index contributed by atoms with van der Waals surface area (Å²) in [5, 5.41) is 20.3. The van der Waals surface area contributed by atoms with Gasteiger partial charge in [-0.1, -0.05) is 41.6 Å². The Balaban J connectivity index is 1.58. The van der Waals surface area contributed by atoms with Crippen molar-refractivity contribution in [1.82, 2.24) is 14.8 Å². The number of hydrogen-bond acceptors (Lipinski definition) is 6. The number of carbonyl (C=O) groups is 2. The molecule has 0 saturated carbocycles. The first-order valence-corrected chi connectivity index (χ1v) is 12.3. The molecule has 3 aromatic carbocycles. The number of methoxy groups -OCH3 is 1. The number of ketones is 1. The van der Waals surface area contributed by atoms with Gasteiger partial charge in [0, 0.05) is 16.8 Å². The number of thioether (sulfide) groups is 1. The van der Waals surface area contributed by atoms with Crippen molar-refractivity contribution in [2.75, 3.05) is 12.9 Å². The lowest BCUT2D eigenvalue weighted by Crippen LogP contribution is -2.08. The predicted octanol–water partition coefficient (Wildman–Crippen LogP) is 5.76. The molecule has 7 nitrogen and oxygen atoms in total. The minimum atomic E-state index is -1.07. The van der Waals surface area contributed by atoms with Crippen LogP contribution in [-0.2, 0) is 11.2 Å². The molecule has 0 spiro atoms. The zero-order valence-electron chi connectivity index (χ0n) is 18.2. The highest BCUT2D eigenvalue weighted by Gasteiger charge is 2.18. The molecule has 0 saturated heterocycles. The van der Waals surface area contributed by atoms with Gasteiger partial charge in [-0.05, 0) is 69.7 Å². The van der Waals surface area contributed by atoms with Gasteiger partial charge in [0.25, 0.3) is 0 Å². The topological polar surface area (TPSA) is 94.3 Å². The molecule has 0 aliphatic rings. The predicted molar refractivity (Wildman–Crippen MR) is 136 cm³/mol. The van der Waals surface area contributed by atoms with E-state index in [0.29, 0.717) is 15.5 Å². The first kappa shape index (κ1) is 24.3. The number of benzene rings is 3. The van der Waals surface area contributed by atoms with Crippen LogP contribution in [0.15, 0.2) is 58.4 Å². The van der Waals surface area contributed by atoms with E-state index >= 15 is 0 Å². The lowest BCUT2D eigenvalue weighted by atomic mass is 10.0. The smallest absolute Gasteiger partial charge is 0.335 e. The number of carboxylic acids is 1. The van der Waals surface area contributed by atoms with Gasteiger partial charge < -0.3 is 9.84 Å². The summed E-state index contributed by atoms with van der Waals surface area (Å²) in [5.74, 6) is -0.258. The molecule has 4 aromatic rings. The van der Waals surface area contributed by atoms with E-state index in [2.05, 4.69) is 26.1 Å². The van der Waals surface area contributed by atoms with Gasteiger partial charge >= 0.3 is 5.97 Å². The Bertz CT molecular complexity index is 1420. The number of aromatic carboxylic acids is 1. The largest absolute Gasteiger partial charge is 0.497 e. The summed E-state index contributed by atoms with van der Waals surface area (Å²) in [6.07, 6.45) is 0.0890. The van der Waals surface area contributed by atoms with Crippen molar-refractivity contribution in [3.05, 3.63) is 75.0 Å². The number of hydrogen-bond donors (Lipinski definition) is 1. The molecular weight excluding hydrogens is 542 g/mol. The van der Waals surface area contributed by atoms with E-state index in [4.69, 9.17) is 21.4 Å². The van der Waals surface area contributed by atoms with Crippen LogP contribution in [0.25, 0.3) is 16.5 Å². The number of aryl methyl sites for hydroxylation is 1. The fourth-order valence-corrected chi connectivity index (χ4v) is 5.17. The van der Waals surface area contributed by atoms with Crippen molar-refractivity contribution in [2.45, 2.75) is 18.5 Å². The number of aromatic nitrogens is 3. The van der Waals surface area contributed by atoms with E-state index in [1.165, 1.54) is 23.9 Å². The van der Waals surface area contributed by atoms with Gasteiger partial charge in [-0.25, -0.2) is 4.79 Å². The summed E-state index contributed by atoms with van der Waals surface area (Å²) in [6, 6.07) is 14.3. The monoisotopic (exact) mass is 559 g/mol. The van der Waals surface area contributed by atoms with Crippen LogP contribution in [-0.4, -0.2) is 44.5 Å². The van der Waals surface area contributed by atoms with E-state index in [0.717, 1.165) is 27.8 Å². The summed E-state index contributed by atoms with van der Waals surface area (Å²) in [5.41, 5.74) is 2.64. The lowest BCUT2D eigenvalue weighted by Gasteiger charge is -2.13. The lowest BCUT2D eigenvalue weighted by molar-refractivity contribution is -0.116. The fourth-order valence-electron chi connectivity index (χ4n) is 3.57. The maximum Gasteiger partial charge on any atom is 0.335 e. The fraction of sp³-hybridized carbons (Fsp3) is 0.167. The van der Waals surface area contributed by atoms with Gasteiger partial charge in [-0.2, -0.15) is 0 Å². The molecule has 0 unspecified atom stereocenters. The Morgan fingerprint density at radius 1 is 1.12 bits per heavy atom. The number of Topliss-reactive ketones (excluding diaryl/α,β-unsaturated/α-hetero) is 1. The number of nitrogens with zero attached hydrogens (tertiary/aromatic N) is 3. The molecule has 174 valence electrons. The molecule has 1 heterocycles. The Labute approximate surface area is 213 Å². The van der Waals surface area contributed by atoms with Crippen molar-refractivity contribution in [3.63, 3.8) is 0 Å². The Hall–Kier alpha value is -2.88. The molecule has 34 heavy (non-hydrogen) atoms. The second kappa shape index (κ2) is 10.2. The van der Waals surface area contributed by atoms with Crippen molar-refractivity contribution in [1.29, 1.82) is 0 Å². The molecule has 0 aliphatic heterocycles. The van der Waals surface area contributed by atoms with Gasteiger partial charge in [-0.15, -0.1) is 10.2 Å². The number of ether oxygens (including phenoxy) is 1. The van der Waals surface area contributed by atoms with Crippen LogP contribution in [0.4, 0.5) is 0 Å². The van der Waals surface area contributed by atoms with Gasteiger partial charge in [0.15, 0.2) is 5.16 Å². The quantitative estimate of drug-likeness (QED) is 0.274. The molecule has 0 fully saturated rings. The molecule has 10 heteroatoms. The SMILES string of the molecule is COc1ccc2c(C)ccc(-n3c(Br)nnc3SCC(=O)Cc3ccc(C(=O)O)cc3Cl)c2c1. The highest BCUT2D eigenvalue weighted by Crippen LogP contribution is 2.33. The van der Waals surface area contributed by atoms with Crippen LogP contribution in [0.1, 0.15) is 21.5 Å². The zero-order chi connectivity index (χ0) is 24.4. The molecule has 0 amide bonds. The highest BCUT2D eigenvalue weighted by molar-refractivity contribution is 9.10. The molecule has 1 aromatic heterocycles. The van der Waals surface area contributed by atoms with Gasteiger partial charge in [0.2, 0.25) is 4.73 Å². The van der Waals surface area contributed by atoms with Gasteiger partial charge in [0.1, 0.15) is 11.5 Å². The molecule has 0 bridgehead atoms. The Kier molecular flexibility index (Phi) is 7.25. The summed E-state index contributed by atoms with van der Waals surface area (Å²) in [4.78, 5) is 23.7. The second-order valence-electron chi connectivity index (χ2n) is 7.52. The van der Waals surface area contributed by atoms with E-state index < -0.39 is 5.97 Å². The average molecular weight is 561 g/mol. The Morgan fingerprint density at radius 3 is 2.62 bits per heavy atom. The maximum atomic E-state index is 12.7. The average Bonchev–Trinajstić information content (AvgIpc) is 3.19. The number of fused-ring (bicyclic) bond motifs is 1. The standard InChI is InChI=1S/C24H19BrClN3O4S/c1-13-3-8-21(19-11-17(33-2)6-7-18(13)19)29-23(25)27-28-24(29)34-12-16(30)9-14-4-5-15(22(31)32)10-20(14)26/h3-8,10-11H,9,12H2,1-2H3,(H,31,32). The minimum absolute atomic E-state index is 0.0731. The van der Waals surface area contributed by atoms with E-state index in [-0.39, 0.29) is 28.5 Å². The van der Waals surface area contributed by atoms with Crippen LogP contribution >= 0.6 is 39.3 Å². The van der Waals surface area contributed by atoms with Crippen LogP contribution in [0, 0.1) is 6.92 Å². The normalized spacial score (nSPS) is 11.1. The van der Waals surface area contributed by atoms with Gasteiger partial charge in [0.05, 0.1) is 24.1 Å². The van der Waals surface area contributed by atoms with Crippen molar-refractivity contribution >= 4 is 61.8 Å². The van der Waals surface area contributed by atoms with Crippen LogP contribution in [0.5, 0.6) is 5.75 Å². The molecule has 1 N–H and O–H groups in total. The molecule has 0 atom stereocenters. The van der Waals surface area contributed by atoms with Crippen molar-refractivity contribution in [3.8, 4) is 11.4 Å². The zero-order valence-corrected chi connectivity index (χ0v) is 21.4. The van der Waals surface area contributed by atoms with Crippen molar-refractivity contribution < 1.29 is 19.4 Å². The van der Waals surface area contributed by atoms with Crippen molar-refractivity contribution in [2.24, 2.45) is 0 Å². The second-order valence-corrected chi connectivity index (χ2v) is 9.57. The molecule has 4 rings (SSSR count). The summed E-state index contributed by atoms with van der Waals surface area (Å²) in [7, 11) is 1.62. The van der Waals surface area contributed by atoms with Crippen LogP contribution in [0.3, 0.4) is 0 Å². The third-order valence-corrected chi connectivity index (χ3v) is 7.16. The van der Waals surface area contributed by atoms with Crippen LogP contribution in [0.2, 0.25) is 5.02 Å². The van der Waals surface area contributed by atoms with E-state index in [1.54, 1.807) is 13.2 Å². The number of carbonyl (C=O) groups excluding carboxylic acids is 1. The minimum Gasteiger partial charge on any atom is -0.497 e. The first-order chi connectivity index (χ1) is 16.3. The molecule has 0 aliphatic carbocycles. The van der Waals surface area contributed by atoms with Crippen LogP contribution < -0.4 is 4.74 Å². The van der Waals surface area contributed by atoms with E-state index in [9.17, 15) is 9.59 Å². The summed E-state index contributed by atoms with van der Waals surface area (Å²) >= 11 is 10.9. The first-order valence-electron chi connectivity index (χ1n) is 10.1. The summed E-state index contributed by atoms with van der Waals surface area (Å²) < 4.78 is 7.79.